The van der Waals surface area contributed by atoms with Crippen LogP contribution in [0.15, 0.2) is 199 Å². The summed E-state index contributed by atoms with van der Waals surface area (Å²) in [5.41, 5.74) is 18.1. The molecular formula is C52H33N3. The Kier molecular flexibility index (Phi) is 6.32. The number of para-hydroxylation sites is 2. The molecule has 3 nitrogen and oxygen atoms in total. The average molecular weight is 700 g/mol. The summed E-state index contributed by atoms with van der Waals surface area (Å²) in [6, 6.07) is 53.1. The van der Waals surface area contributed by atoms with E-state index < -0.39 is 5.41 Å². The second kappa shape index (κ2) is 11.4. The molecule has 8 aromatic rings. The predicted octanol–water partition coefficient (Wildman–Crippen LogP) is 12.4. The first-order valence-electron chi connectivity index (χ1n) is 19.1. The molecule has 2 bridgehead atoms. The molecular weight excluding hydrogens is 667 g/mol. The van der Waals surface area contributed by atoms with Crippen LogP contribution < -0.4 is 0 Å². The molecule has 0 amide bonds. The summed E-state index contributed by atoms with van der Waals surface area (Å²) in [4.78, 5) is 11.2. The summed E-state index contributed by atoms with van der Waals surface area (Å²) in [5.74, 6) is 0.737. The van der Waals surface area contributed by atoms with Crippen LogP contribution in [0.4, 0.5) is 0 Å². The summed E-state index contributed by atoms with van der Waals surface area (Å²) >= 11 is 0. The molecule has 55 heavy (non-hydrogen) atoms. The van der Waals surface area contributed by atoms with E-state index in [-0.39, 0.29) is 0 Å². The van der Waals surface area contributed by atoms with Crippen molar-refractivity contribution < 1.29 is 0 Å². The Morgan fingerprint density at radius 2 is 1.15 bits per heavy atom. The lowest BCUT2D eigenvalue weighted by atomic mass is 9.69. The summed E-state index contributed by atoms with van der Waals surface area (Å²) in [6.45, 7) is 0. The van der Waals surface area contributed by atoms with Crippen molar-refractivity contribution in [3.05, 3.63) is 227 Å². The molecule has 256 valence electrons. The van der Waals surface area contributed by atoms with Crippen LogP contribution in [0.1, 0.15) is 34.4 Å². The maximum absolute atomic E-state index is 5.66. The highest BCUT2D eigenvalue weighted by molar-refractivity contribution is 6.09. The van der Waals surface area contributed by atoms with E-state index in [1.54, 1.807) is 0 Å². The van der Waals surface area contributed by atoms with Crippen LogP contribution in [0.3, 0.4) is 0 Å². The largest absolute Gasteiger partial charge is 0.309 e. The van der Waals surface area contributed by atoms with Crippen LogP contribution in [0.2, 0.25) is 0 Å². The lowest BCUT2D eigenvalue weighted by Crippen LogP contribution is -2.28. The number of aromatic nitrogens is 3. The maximum atomic E-state index is 5.66. The Labute approximate surface area is 319 Å². The van der Waals surface area contributed by atoms with Gasteiger partial charge in [0.25, 0.3) is 0 Å². The van der Waals surface area contributed by atoms with Crippen molar-refractivity contribution in [3.8, 4) is 39.5 Å². The first-order valence-corrected chi connectivity index (χ1v) is 19.1. The molecule has 6 aromatic carbocycles. The molecule has 0 saturated carbocycles. The highest BCUT2D eigenvalue weighted by atomic mass is 15.0. The Bertz CT molecular complexity index is 3060. The highest BCUT2D eigenvalue weighted by Crippen LogP contribution is 2.64. The number of rotatable bonds is 3. The smallest absolute Gasteiger partial charge is 0.160 e. The first-order chi connectivity index (χ1) is 27.3. The van der Waals surface area contributed by atoms with E-state index in [4.69, 9.17) is 9.97 Å². The van der Waals surface area contributed by atoms with Crippen LogP contribution in [0.5, 0.6) is 0 Å². The van der Waals surface area contributed by atoms with E-state index in [9.17, 15) is 0 Å². The first kappa shape index (κ1) is 30.4. The minimum absolute atomic E-state index is 0.659. The fourth-order valence-electron chi connectivity index (χ4n) is 9.83. The predicted molar refractivity (Wildman–Crippen MR) is 225 cm³/mol. The van der Waals surface area contributed by atoms with Crippen molar-refractivity contribution in [3.63, 3.8) is 0 Å². The van der Waals surface area contributed by atoms with Crippen LogP contribution in [-0.2, 0) is 5.41 Å². The minimum Gasteiger partial charge on any atom is -0.309 e. The SMILES string of the molecule is C1=CC=C2CC(=C1)C=CC=C2c1nc(-c2ccccc2)nc2c1C1(c3ccccc3-c3ccc(-n4c5ccccc5c5ccccc54)cc31)c1ccccc1-2. The molecule has 12 rings (SSSR count). The molecule has 0 N–H and O–H groups in total. The second-order valence-corrected chi connectivity index (χ2v) is 14.9. The van der Waals surface area contributed by atoms with Gasteiger partial charge < -0.3 is 4.57 Å². The zero-order chi connectivity index (χ0) is 36.1. The lowest BCUT2D eigenvalue weighted by Gasteiger charge is -2.32. The van der Waals surface area contributed by atoms with Gasteiger partial charge in [-0.15, -0.1) is 0 Å². The monoisotopic (exact) mass is 699 g/mol. The van der Waals surface area contributed by atoms with Crippen molar-refractivity contribution in [2.75, 3.05) is 0 Å². The quantitative estimate of drug-likeness (QED) is 0.184. The van der Waals surface area contributed by atoms with Gasteiger partial charge in [0, 0.05) is 38.7 Å². The Morgan fingerprint density at radius 1 is 0.509 bits per heavy atom. The molecule has 0 radical (unpaired) electrons. The average Bonchev–Trinajstić information content (AvgIpc) is 3.67. The van der Waals surface area contributed by atoms with E-state index in [1.807, 2.05) is 0 Å². The Morgan fingerprint density at radius 3 is 1.95 bits per heavy atom. The van der Waals surface area contributed by atoms with Crippen LogP contribution in [0.25, 0.3) is 66.8 Å². The van der Waals surface area contributed by atoms with E-state index in [2.05, 4.69) is 193 Å². The molecule has 4 aliphatic rings. The van der Waals surface area contributed by atoms with Gasteiger partial charge >= 0.3 is 0 Å². The molecule has 0 saturated heterocycles. The summed E-state index contributed by atoms with van der Waals surface area (Å²) < 4.78 is 2.44. The van der Waals surface area contributed by atoms with Crippen LogP contribution in [-0.4, -0.2) is 14.5 Å². The molecule has 0 aliphatic heterocycles. The molecule has 3 heteroatoms. The van der Waals surface area contributed by atoms with Crippen molar-refractivity contribution >= 4 is 27.4 Å². The fraction of sp³-hybridized carbons (Fsp3) is 0.0385. The third-order valence-corrected chi connectivity index (χ3v) is 12.1. The summed E-state index contributed by atoms with van der Waals surface area (Å²) in [5, 5.41) is 2.51. The molecule has 2 heterocycles. The third-order valence-electron chi connectivity index (χ3n) is 12.1. The van der Waals surface area contributed by atoms with Crippen molar-refractivity contribution in [1.29, 1.82) is 0 Å². The zero-order valence-corrected chi connectivity index (χ0v) is 29.9. The number of fused-ring (bicyclic) bond motifs is 15. The maximum Gasteiger partial charge on any atom is 0.160 e. The van der Waals surface area contributed by atoms with E-state index in [0.717, 1.165) is 51.6 Å². The normalized spacial score (nSPS) is 17.3. The zero-order valence-electron chi connectivity index (χ0n) is 29.9. The van der Waals surface area contributed by atoms with E-state index in [1.165, 1.54) is 60.8 Å². The Balaban J connectivity index is 1.22. The van der Waals surface area contributed by atoms with Gasteiger partial charge in [-0.3, -0.25) is 0 Å². The van der Waals surface area contributed by atoms with Gasteiger partial charge in [0.05, 0.1) is 27.8 Å². The standard InChI is InChI=1S/C52H33N3/c1-2-17-34(18-3-1)51-53-49(37-24-14-16-33-15-4-5-19-35(37)31-33)48-50(54-51)42-23-7-11-26-44(42)52(48)43-25-10-6-20-38(43)39-30-29-36(32-45(39)52)55-46-27-12-8-21-40(46)41-22-9-13-28-47(41)55/h1-30,32H,31H2. The minimum atomic E-state index is -0.659. The van der Waals surface area contributed by atoms with Gasteiger partial charge in [0.2, 0.25) is 0 Å². The van der Waals surface area contributed by atoms with Crippen molar-refractivity contribution in [2.24, 2.45) is 0 Å². The fourth-order valence-corrected chi connectivity index (χ4v) is 9.83. The van der Waals surface area contributed by atoms with Crippen molar-refractivity contribution in [1.82, 2.24) is 14.5 Å². The van der Waals surface area contributed by atoms with Gasteiger partial charge in [-0.25, -0.2) is 9.97 Å². The van der Waals surface area contributed by atoms with Gasteiger partial charge in [0.1, 0.15) is 0 Å². The second-order valence-electron chi connectivity index (χ2n) is 14.9. The number of hydrogen-bond acceptors (Lipinski definition) is 2. The molecule has 2 aromatic heterocycles. The van der Waals surface area contributed by atoms with Crippen LogP contribution >= 0.6 is 0 Å². The van der Waals surface area contributed by atoms with E-state index in [0.29, 0.717) is 0 Å². The molecule has 1 spiro atoms. The van der Waals surface area contributed by atoms with Gasteiger partial charge in [-0.05, 0) is 69.6 Å². The van der Waals surface area contributed by atoms with Gasteiger partial charge in [0.15, 0.2) is 5.82 Å². The molecule has 1 atom stereocenters. The van der Waals surface area contributed by atoms with Crippen molar-refractivity contribution in [2.45, 2.75) is 11.8 Å². The lowest BCUT2D eigenvalue weighted by molar-refractivity contribution is 0.779. The number of benzene rings is 6. The van der Waals surface area contributed by atoms with Crippen LogP contribution in [0, 0.1) is 0 Å². The molecule has 0 fully saturated rings. The summed E-state index contributed by atoms with van der Waals surface area (Å²) in [6.07, 6.45) is 16.3. The molecule has 4 aliphatic carbocycles. The highest BCUT2D eigenvalue weighted by Gasteiger charge is 2.54. The number of hydrogen-bond donors (Lipinski definition) is 0. The number of allylic oxidation sites excluding steroid dienone is 10. The van der Waals surface area contributed by atoms with E-state index >= 15 is 0 Å². The summed E-state index contributed by atoms with van der Waals surface area (Å²) in [7, 11) is 0. The topological polar surface area (TPSA) is 30.7 Å². The van der Waals surface area contributed by atoms with Gasteiger partial charge in [-0.2, -0.15) is 0 Å². The third kappa shape index (κ3) is 4.15. The van der Waals surface area contributed by atoms with Gasteiger partial charge in [-0.1, -0.05) is 164 Å². The molecule has 1 unspecified atom stereocenters. The Hall–Kier alpha value is -7.10. The number of nitrogens with zero attached hydrogens (tertiary/aromatic N) is 3.